The molecule has 1 fully saturated rings. The average molecular weight is 236 g/mol. The second kappa shape index (κ2) is 6.57. The van der Waals surface area contributed by atoms with E-state index in [0.717, 1.165) is 13.0 Å². The fourth-order valence-electron chi connectivity index (χ4n) is 0.999. The Hall–Kier alpha value is 0.0169. The Morgan fingerprint density at radius 1 is 1.27 bits per heavy atom. The molecule has 0 aromatic rings. The SMILES string of the molecule is CO[Si](C)(OC)OCCCOCC1CO1. The van der Waals surface area contributed by atoms with Gasteiger partial charge in [0.1, 0.15) is 6.10 Å². The van der Waals surface area contributed by atoms with Gasteiger partial charge in [0.2, 0.25) is 0 Å². The average Bonchev–Trinajstić information content (AvgIpc) is 3.06. The molecule has 1 aliphatic rings. The van der Waals surface area contributed by atoms with E-state index < -0.39 is 8.80 Å². The highest BCUT2D eigenvalue weighted by Gasteiger charge is 2.31. The number of hydrogen-bond donors (Lipinski definition) is 0. The van der Waals surface area contributed by atoms with Crippen LogP contribution in [0.3, 0.4) is 0 Å². The summed E-state index contributed by atoms with van der Waals surface area (Å²) in [5.41, 5.74) is 0. The molecule has 1 atom stereocenters. The Labute approximate surface area is 92.0 Å². The second-order valence-electron chi connectivity index (χ2n) is 3.50. The zero-order chi connectivity index (χ0) is 11.1. The molecular formula is C9H20O5Si. The fourth-order valence-corrected chi connectivity index (χ4v) is 1.92. The van der Waals surface area contributed by atoms with Crippen molar-refractivity contribution in [2.45, 2.75) is 19.1 Å². The van der Waals surface area contributed by atoms with E-state index in [0.29, 0.717) is 25.9 Å². The van der Waals surface area contributed by atoms with Gasteiger partial charge in [-0.15, -0.1) is 0 Å². The summed E-state index contributed by atoms with van der Waals surface area (Å²) >= 11 is 0. The van der Waals surface area contributed by atoms with Gasteiger partial charge in [0.25, 0.3) is 0 Å². The molecule has 15 heavy (non-hydrogen) atoms. The summed E-state index contributed by atoms with van der Waals surface area (Å²) < 4.78 is 26.3. The van der Waals surface area contributed by atoms with Crippen LogP contribution in [0.1, 0.15) is 6.42 Å². The van der Waals surface area contributed by atoms with Gasteiger partial charge in [0.15, 0.2) is 0 Å². The maximum atomic E-state index is 5.53. The minimum Gasteiger partial charge on any atom is -0.379 e. The summed E-state index contributed by atoms with van der Waals surface area (Å²) in [6.45, 7) is 4.71. The largest absolute Gasteiger partial charge is 0.497 e. The van der Waals surface area contributed by atoms with Gasteiger partial charge in [0.05, 0.1) is 13.2 Å². The third kappa shape index (κ3) is 5.60. The van der Waals surface area contributed by atoms with Gasteiger partial charge in [-0.1, -0.05) is 0 Å². The molecule has 0 amide bonds. The molecule has 6 heteroatoms. The van der Waals surface area contributed by atoms with Crippen LogP contribution in [-0.2, 0) is 22.8 Å². The van der Waals surface area contributed by atoms with Crippen LogP contribution in [-0.4, -0.2) is 55.6 Å². The molecule has 90 valence electrons. The summed E-state index contributed by atoms with van der Waals surface area (Å²) in [5.74, 6) is 0. The predicted octanol–water partition coefficient (Wildman–Crippen LogP) is 0.670. The van der Waals surface area contributed by atoms with Crippen molar-refractivity contribution in [2.75, 3.05) is 40.6 Å². The van der Waals surface area contributed by atoms with Gasteiger partial charge in [-0.25, -0.2) is 0 Å². The lowest BCUT2D eigenvalue weighted by Gasteiger charge is -2.21. The lowest BCUT2D eigenvalue weighted by molar-refractivity contribution is 0.0751. The number of rotatable bonds is 9. The predicted molar refractivity (Wildman–Crippen MR) is 56.8 cm³/mol. The molecule has 0 spiro atoms. The fraction of sp³-hybridized carbons (Fsp3) is 1.00. The molecule has 1 heterocycles. The molecule has 0 aliphatic carbocycles. The molecule has 0 N–H and O–H groups in total. The summed E-state index contributed by atoms with van der Waals surface area (Å²) in [6.07, 6.45) is 1.19. The summed E-state index contributed by atoms with van der Waals surface area (Å²) in [5, 5.41) is 0. The van der Waals surface area contributed by atoms with Gasteiger partial charge in [-0.3, -0.25) is 0 Å². The van der Waals surface area contributed by atoms with Gasteiger partial charge in [-0.2, -0.15) is 0 Å². The zero-order valence-corrected chi connectivity index (χ0v) is 10.7. The minimum absolute atomic E-state index is 0.337. The van der Waals surface area contributed by atoms with E-state index in [1.165, 1.54) is 0 Å². The number of hydrogen-bond acceptors (Lipinski definition) is 5. The summed E-state index contributed by atoms with van der Waals surface area (Å²) in [7, 11) is 0.868. The first-order valence-corrected chi connectivity index (χ1v) is 7.36. The van der Waals surface area contributed by atoms with E-state index >= 15 is 0 Å². The van der Waals surface area contributed by atoms with Crippen molar-refractivity contribution < 1.29 is 22.8 Å². The first-order chi connectivity index (χ1) is 7.20. The van der Waals surface area contributed by atoms with Crippen LogP contribution in [0.5, 0.6) is 0 Å². The van der Waals surface area contributed by atoms with Gasteiger partial charge in [-0.05, 0) is 6.42 Å². The van der Waals surface area contributed by atoms with Crippen LogP contribution in [0.15, 0.2) is 0 Å². The lowest BCUT2D eigenvalue weighted by atomic mass is 10.5. The lowest BCUT2D eigenvalue weighted by Crippen LogP contribution is -2.40. The normalized spacial score (nSPS) is 20.6. The molecule has 1 aliphatic heterocycles. The molecule has 1 unspecified atom stereocenters. The third-order valence-corrected chi connectivity index (χ3v) is 4.46. The molecule has 1 rings (SSSR count). The van der Waals surface area contributed by atoms with Gasteiger partial charge in [0, 0.05) is 34.0 Å². The second-order valence-corrected chi connectivity index (χ2v) is 6.33. The van der Waals surface area contributed by atoms with E-state index in [1.807, 2.05) is 6.55 Å². The Kier molecular flexibility index (Phi) is 5.73. The summed E-state index contributed by atoms with van der Waals surface area (Å²) in [6, 6.07) is 0. The van der Waals surface area contributed by atoms with Crippen LogP contribution in [0.25, 0.3) is 0 Å². The standard InChI is InChI=1S/C9H20O5Si/c1-10-15(3,11-2)14-6-4-5-12-7-9-8-13-9/h9H,4-8H2,1-3H3. The molecule has 0 radical (unpaired) electrons. The molecule has 0 aromatic heterocycles. The Morgan fingerprint density at radius 3 is 2.47 bits per heavy atom. The smallest absolute Gasteiger partial charge is 0.379 e. The summed E-state index contributed by atoms with van der Waals surface area (Å²) in [4.78, 5) is 0. The Balaban J connectivity index is 1.90. The van der Waals surface area contributed by atoms with E-state index in [9.17, 15) is 0 Å². The maximum Gasteiger partial charge on any atom is 0.497 e. The Bertz CT molecular complexity index is 170. The number of epoxide rings is 1. The zero-order valence-electron chi connectivity index (χ0n) is 9.65. The molecule has 0 bridgehead atoms. The van der Waals surface area contributed by atoms with Crippen molar-refractivity contribution in [1.82, 2.24) is 0 Å². The van der Waals surface area contributed by atoms with E-state index in [1.54, 1.807) is 14.2 Å². The van der Waals surface area contributed by atoms with Crippen LogP contribution in [0.2, 0.25) is 6.55 Å². The van der Waals surface area contributed by atoms with Crippen LogP contribution in [0, 0.1) is 0 Å². The molecule has 0 aromatic carbocycles. The molecule has 5 nitrogen and oxygen atoms in total. The Morgan fingerprint density at radius 2 is 1.93 bits per heavy atom. The highest BCUT2D eigenvalue weighted by atomic mass is 28.4. The molecule has 1 saturated heterocycles. The number of ether oxygens (including phenoxy) is 2. The van der Waals surface area contributed by atoms with Crippen molar-refractivity contribution in [3.05, 3.63) is 0 Å². The van der Waals surface area contributed by atoms with Crippen molar-refractivity contribution in [3.8, 4) is 0 Å². The van der Waals surface area contributed by atoms with Crippen molar-refractivity contribution in [2.24, 2.45) is 0 Å². The van der Waals surface area contributed by atoms with Crippen LogP contribution in [0.4, 0.5) is 0 Å². The first-order valence-electron chi connectivity index (χ1n) is 5.14. The van der Waals surface area contributed by atoms with E-state index in [-0.39, 0.29) is 0 Å². The van der Waals surface area contributed by atoms with Crippen LogP contribution >= 0.6 is 0 Å². The quantitative estimate of drug-likeness (QED) is 0.334. The van der Waals surface area contributed by atoms with E-state index in [4.69, 9.17) is 22.8 Å². The monoisotopic (exact) mass is 236 g/mol. The third-order valence-electron chi connectivity index (χ3n) is 2.24. The molecule has 0 saturated carbocycles. The van der Waals surface area contributed by atoms with E-state index in [2.05, 4.69) is 0 Å². The topological polar surface area (TPSA) is 49.5 Å². The minimum atomic E-state index is -2.35. The van der Waals surface area contributed by atoms with Crippen LogP contribution < -0.4 is 0 Å². The van der Waals surface area contributed by atoms with Crippen molar-refractivity contribution in [3.63, 3.8) is 0 Å². The highest BCUT2D eigenvalue weighted by Crippen LogP contribution is 2.09. The van der Waals surface area contributed by atoms with Gasteiger partial charge < -0.3 is 22.8 Å². The highest BCUT2D eigenvalue weighted by molar-refractivity contribution is 6.59. The molecular weight excluding hydrogens is 216 g/mol. The maximum absolute atomic E-state index is 5.53. The van der Waals surface area contributed by atoms with Crippen molar-refractivity contribution >= 4 is 8.80 Å². The first kappa shape index (κ1) is 13.1. The van der Waals surface area contributed by atoms with Gasteiger partial charge >= 0.3 is 8.80 Å². The van der Waals surface area contributed by atoms with Crippen molar-refractivity contribution in [1.29, 1.82) is 0 Å².